The Morgan fingerprint density at radius 3 is 2.44 bits per heavy atom. The van der Waals surface area contributed by atoms with Crippen LogP contribution in [0.3, 0.4) is 0 Å². The van der Waals surface area contributed by atoms with Gasteiger partial charge < -0.3 is 9.64 Å². The van der Waals surface area contributed by atoms with Crippen LogP contribution in [0.1, 0.15) is 11.1 Å². The summed E-state index contributed by atoms with van der Waals surface area (Å²) in [6.45, 7) is 4.03. The molecular weight excluding hydrogens is 222 g/mol. The number of anilines is 1. The Labute approximate surface area is 102 Å². The highest BCUT2D eigenvalue weighted by Crippen LogP contribution is 2.30. The molecular formula is C12H17NO2S. The summed E-state index contributed by atoms with van der Waals surface area (Å²) in [6, 6.07) is 3.89. The topological polar surface area (TPSA) is 29.5 Å². The van der Waals surface area contributed by atoms with Crippen molar-refractivity contribution in [2.45, 2.75) is 13.8 Å². The third-order valence-electron chi connectivity index (χ3n) is 2.67. The second-order valence-corrected chi connectivity index (χ2v) is 4.04. The lowest BCUT2D eigenvalue weighted by Gasteiger charge is -2.20. The van der Waals surface area contributed by atoms with Crippen molar-refractivity contribution in [2.24, 2.45) is 0 Å². The van der Waals surface area contributed by atoms with Gasteiger partial charge in [-0.2, -0.15) is 12.6 Å². The largest absolute Gasteiger partial charge is 0.495 e. The van der Waals surface area contributed by atoms with Crippen LogP contribution in [0.5, 0.6) is 5.75 Å². The Morgan fingerprint density at radius 1 is 1.38 bits per heavy atom. The summed E-state index contributed by atoms with van der Waals surface area (Å²) in [7, 11) is 3.33. The fourth-order valence-electron chi connectivity index (χ4n) is 1.44. The molecule has 88 valence electrons. The first-order valence-electron chi connectivity index (χ1n) is 5.04. The fourth-order valence-corrected chi connectivity index (χ4v) is 1.65. The van der Waals surface area contributed by atoms with Crippen LogP contribution in [0.25, 0.3) is 0 Å². The summed E-state index contributed by atoms with van der Waals surface area (Å²) in [5.74, 6) is 0.845. The van der Waals surface area contributed by atoms with Crippen LogP contribution in [-0.4, -0.2) is 25.8 Å². The minimum absolute atomic E-state index is 0.0510. The van der Waals surface area contributed by atoms with Crippen molar-refractivity contribution in [2.75, 3.05) is 24.8 Å². The lowest BCUT2D eigenvalue weighted by Crippen LogP contribution is -2.27. The van der Waals surface area contributed by atoms with E-state index >= 15 is 0 Å². The zero-order valence-electron chi connectivity index (χ0n) is 10.1. The van der Waals surface area contributed by atoms with Gasteiger partial charge in [0.05, 0.1) is 18.6 Å². The first-order chi connectivity index (χ1) is 7.51. The van der Waals surface area contributed by atoms with E-state index in [9.17, 15) is 4.79 Å². The number of rotatable bonds is 3. The van der Waals surface area contributed by atoms with Gasteiger partial charge in [-0.3, -0.25) is 4.79 Å². The maximum atomic E-state index is 11.6. The number of methoxy groups -OCH3 is 1. The van der Waals surface area contributed by atoms with Gasteiger partial charge in [0.25, 0.3) is 0 Å². The summed E-state index contributed by atoms with van der Waals surface area (Å²) in [4.78, 5) is 13.1. The van der Waals surface area contributed by atoms with Crippen LogP contribution >= 0.6 is 12.6 Å². The number of thiol groups is 1. The maximum absolute atomic E-state index is 11.6. The SMILES string of the molecule is COc1cc(C)c(C)cc1N(C)C(=O)CS. The number of hydrogen-bond donors (Lipinski definition) is 1. The zero-order valence-corrected chi connectivity index (χ0v) is 11.0. The second kappa shape index (κ2) is 5.25. The lowest BCUT2D eigenvalue weighted by molar-refractivity contribution is -0.115. The Kier molecular flexibility index (Phi) is 4.24. The average Bonchev–Trinajstić information content (AvgIpc) is 2.30. The van der Waals surface area contributed by atoms with Crippen molar-refractivity contribution in [3.8, 4) is 5.75 Å². The van der Waals surface area contributed by atoms with Crippen LogP contribution in [0, 0.1) is 13.8 Å². The van der Waals surface area contributed by atoms with Crippen molar-refractivity contribution in [1.29, 1.82) is 0 Å². The number of nitrogens with zero attached hydrogens (tertiary/aromatic N) is 1. The lowest BCUT2D eigenvalue weighted by atomic mass is 10.1. The Hall–Kier alpha value is -1.16. The van der Waals surface area contributed by atoms with E-state index in [-0.39, 0.29) is 11.7 Å². The highest BCUT2D eigenvalue weighted by atomic mass is 32.1. The number of amides is 1. The molecule has 0 aliphatic rings. The minimum atomic E-state index is -0.0510. The highest BCUT2D eigenvalue weighted by molar-refractivity contribution is 7.81. The predicted molar refractivity (Wildman–Crippen MR) is 69.7 cm³/mol. The number of aryl methyl sites for hydroxylation is 2. The van der Waals surface area contributed by atoms with Crippen molar-refractivity contribution >= 4 is 24.2 Å². The average molecular weight is 239 g/mol. The molecule has 0 N–H and O–H groups in total. The molecule has 0 saturated carbocycles. The van der Waals surface area contributed by atoms with Gasteiger partial charge in [0.15, 0.2) is 0 Å². The summed E-state index contributed by atoms with van der Waals surface area (Å²) in [6.07, 6.45) is 0. The van der Waals surface area contributed by atoms with Gasteiger partial charge in [-0.1, -0.05) is 0 Å². The van der Waals surface area contributed by atoms with Crippen LogP contribution in [0.2, 0.25) is 0 Å². The smallest absolute Gasteiger partial charge is 0.236 e. The van der Waals surface area contributed by atoms with E-state index in [1.165, 1.54) is 0 Å². The van der Waals surface area contributed by atoms with Crippen molar-refractivity contribution < 1.29 is 9.53 Å². The van der Waals surface area contributed by atoms with Crippen molar-refractivity contribution in [1.82, 2.24) is 0 Å². The van der Waals surface area contributed by atoms with Crippen LogP contribution < -0.4 is 9.64 Å². The molecule has 0 aliphatic heterocycles. The van der Waals surface area contributed by atoms with E-state index < -0.39 is 0 Å². The number of hydrogen-bond acceptors (Lipinski definition) is 3. The molecule has 0 bridgehead atoms. The minimum Gasteiger partial charge on any atom is -0.495 e. The van der Waals surface area contributed by atoms with E-state index in [4.69, 9.17) is 4.74 Å². The normalized spacial score (nSPS) is 10.1. The van der Waals surface area contributed by atoms with E-state index in [0.29, 0.717) is 5.75 Å². The molecule has 1 rings (SSSR count). The van der Waals surface area contributed by atoms with E-state index in [0.717, 1.165) is 16.8 Å². The van der Waals surface area contributed by atoms with Gasteiger partial charge in [-0.05, 0) is 37.1 Å². The summed E-state index contributed by atoms with van der Waals surface area (Å²) in [5.41, 5.74) is 3.06. The van der Waals surface area contributed by atoms with Gasteiger partial charge in [-0.25, -0.2) is 0 Å². The molecule has 0 unspecified atom stereocenters. The zero-order chi connectivity index (χ0) is 12.3. The van der Waals surface area contributed by atoms with E-state index in [1.54, 1.807) is 19.1 Å². The molecule has 0 fully saturated rings. The molecule has 0 heterocycles. The third kappa shape index (κ3) is 2.50. The number of benzene rings is 1. The fraction of sp³-hybridized carbons (Fsp3) is 0.417. The summed E-state index contributed by atoms with van der Waals surface area (Å²) in [5, 5.41) is 0. The Balaban J connectivity index is 3.21. The molecule has 0 radical (unpaired) electrons. The van der Waals surface area contributed by atoms with E-state index in [1.807, 2.05) is 26.0 Å². The summed E-state index contributed by atoms with van der Waals surface area (Å²) < 4.78 is 5.28. The quantitative estimate of drug-likeness (QED) is 0.819. The Morgan fingerprint density at radius 2 is 1.94 bits per heavy atom. The van der Waals surface area contributed by atoms with Gasteiger partial charge in [0.2, 0.25) is 5.91 Å². The van der Waals surface area contributed by atoms with Gasteiger partial charge in [0, 0.05) is 7.05 Å². The van der Waals surface area contributed by atoms with Crippen LogP contribution in [-0.2, 0) is 4.79 Å². The highest BCUT2D eigenvalue weighted by Gasteiger charge is 2.14. The molecule has 3 nitrogen and oxygen atoms in total. The Bertz CT molecular complexity index is 404. The molecule has 0 atom stereocenters. The predicted octanol–water partition coefficient (Wildman–Crippen LogP) is 2.20. The maximum Gasteiger partial charge on any atom is 0.236 e. The first-order valence-corrected chi connectivity index (χ1v) is 5.67. The second-order valence-electron chi connectivity index (χ2n) is 3.72. The van der Waals surface area contributed by atoms with Gasteiger partial charge in [-0.15, -0.1) is 0 Å². The van der Waals surface area contributed by atoms with Crippen molar-refractivity contribution in [3.05, 3.63) is 23.3 Å². The molecule has 0 aliphatic carbocycles. The standard InChI is InChI=1S/C12H17NO2S/c1-8-5-10(13(3)12(14)7-16)11(15-4)6-9(8)2/h5-6,16H,7H2,1-4H3. The molecule has 1 amide bonds. The number of ether oxygens (including phenoxy) is 1. The molecule has 16 heavy (non-hydrogen) atoms. The molecule has 0 aromatic heterocycles. The van der Waals surface area contributed by atoms with Gasteiger partial charge >= 0.3 is 0 Å². The van der Waals surface area contributed by atoms with Crippen LogP contribution in [0.4, 0.5) is 5.69 Å². The monoisotopic (exact) mass is 239 g/mol. The van der Waals surface area contributed by atoms with Gasteiger partial charge in [0.1, 0.15) is 5.75 Å². The summed E-state index contributed by atoms with van der Waals surface area (Å²) >= 11 is 3.98. The molecule has 4 heteroatoms. The molecule has 1 aromatic carbocycles. The molecule has 0 saturated heterocycles. The molecule has 1 aromatic rings. The number of carbonyl (C=O) groups excluding carboxylic acids is 1. The van der Waals surface area contributed by atoms with E-state index in [2.05, 4.69) is 12.6 Å². The molecule has 0 spiro atoms. The van der Waals surface area contributed by atoms with Crippen LogP contribution in [0.15, 0.2) is 12.1 Å². The third-order valence-corrected chi connectivity index (χ3v) is 2.94. The van der Waals surface area contributed by atoms with Crippen molar-refractivity contribution in [3.63, 3.8) is 0 Å². The first kappa shape index (κ1) is 12.9. The number of carbonyl (C=O) groups is 1.